The van der Waals surface area contributed by atoms with Crippen molar-refractivity contribution in [3.8, 4) is 5.75 Å². The van der Waals surface area contributed by atoms with Crippen LogP contribution in [0.2, 0.25) is 0 Å². The van der Waals surface area contributed by atoms with E-state index in [2.05, 4.69) is 4.72 Å². The highest BCUT2D eigenvalue weighted by Gasteiger charge is 2.24. The summed E-state index contributed by atoms with van der Waals surface area (Å²) < 4.78 is 60.1. The molecule has 0 fully saturated rings. The van der Waals surface area contributed by atoms with Gasteiger partial charge >= 0.3 is 0 Å². The Morgan fingerprint density at radius 3 is 2.17 bits per heavy atom. The predicted octanol–water partition coefficient (Wildman–Crippen LogP) is 3.27. The first-order valence-corrected chi connectivity index (χ1v) is 12.5. The number of ether oxygens (including phenoxy) is 1. The van der Waals surface area contributed by atoms with Gasteiger partial charge in [-0.3, -0.25) is 4.72 Å². The normalized spacial score (nSPS) is 13.3. The Morgan fingerprint density at radius 1 is 1.00 bits per heavy atom. The predicted molar refractivity (Wildman–Crippen MR) is 115 cm³/mol. The highest BCUT2D eigenvalue weighted by molar-refractivity contribution is 7.92. The molecule has 1 atom stereocenters. The Labute approximate surface area is 173 Å². The number of anilines is 1. The molecule has 9 heteroatoms. The molecule has 160 valence electrons. The molecular weight excluding hydrogens is 412 g/mol. The van der Waals surface area contributed by atoms with E-state index in [0.717, 1.165) is 5.56 Å². The van der Waals surface area contributed by atoms with Crippen LogP contribution >= 0.6 is 0 Å². The van der Waals surface area contributed by atoms with Crippen molar-refractivity contribution in [3.63, 3.8) is 0 Å². The lowest BCUT2D eigenvalue weighted by Gasteiger charge is -2.20. The average Bonchev–Trinajstić information content (AvgIpc) is 2.68. The zero-order chi connectivity index (χ0) is 21.7. The van der Waals surface area contributed by atoms with E-state index in [1.165, 1.54) is 29.6 Å². The summed E-state index contributed by atoms with van der Waals surface area (Å²) in [5.41, 5.74) is 1.00. The molecule has 0 unspecified atom stereocenters. The van der Waals surface area contributed by atoms with Gasteiger partial charge in [-0.2, -0.15) is 4.31 Å². The minimum Gasteiger partial charge on any atom is -0.495 e. The van der Waals surface area contributed by atoms with E-state index in [0.29, 0.717) is 13.1 Å². The second kappa shape index (κ2) is 9.60. The number of nitrogens with one attached hydrogen (secondary N) is 1. The first-order valence-electron chi connectivity index (χ1n) is 9.38. The maximum Gasteiger partial charge on any atom is 0.243 e. The monoisotopic (exact) mass is 440 g/mol. The van der Waals surface area contributed by atoms with Crippen LogP contribution in [0.4, 0.5) is 5.69 Å². The Bertz CT molecular complexity index is 1020. The van der Waals surface area contributed by atoms with Crippen LogP contribution in [0.15, 0.2) is 53.4 Å². The Hall–Kier alpha value is -2.10. The van der Waals surface area contributed by atoms with Gasteiger partial charge in [0.2, 0.25) is 20.0 Å². The van der Waals surface area contributed by atoms with E-state index < -0.39 is 20.0 Å². The molecule has 2 aromatic carbocycles. The number of sulfonamides is 2. The number of hydrogen-bond acceptors (Lipinski definition) is 5. The van der Waals surface area contributed by atoms with Crippen LogP contribution in [-0.4, -0.2) is 47.1 Å². The third kappa shape index (κ3) is 5.71. The smallest absolute Gasteiger partial charge is 0.243 e. The Kier molecular flexibility index (Phi) is 7.67. The Balaban J connectivity index is 2.33. The van der Waals surface area contributed by atoms with Crippen LogP contribution in [0.25, 0.3) is 0 Å². The summed E-state index contributed by atoms with van der Waals surface area (Å²) >= 11 is 0. The summed E-state index contributed by atoms with van der Waals surface area (Å²) in [6.07, 6.45) is 0. The van der Waals surface area contributed by atoms with Crippen LogP contribution < -0.4 is 9.46 Å². The van der Waals surface area contributed by atoms with Crippen molar-refractivity contribution in [2.45, 2.75) is 31.6 Å². The standard InChI is InChI=1S/C20H28N2O5S2/c1-5-22(6-2)29(25,26)18-12-13-20(27-4)19(14-18)21-28(23,24)15-16(3)17-10-8-7-9-11-17/h7-14,16,21H,5-6,15H2,1-4H3/t16-/m0/s1. The van der Waals surface area contributed by atoms with E-state index in [4.69, 9.17) is 4.74 Å². The number of benzene rings is 2. The van der Waals surface area contributed by atoms with Crippen LogP contribution in [0.3, 0.4) is 0 Å². The third-order valence-electron chi connectivity index (χ3n) is 4.62. The first-order chi connectivity index (χ1) is 13.6. The van der Waals surface area contributed by atoms with Crippen LogP contribution in [-0.2, 0) is 20.0 Å². The maximum atomic E-state index is 12.8. The fourth-order valence-electron chi connectivity index (χ4n) is 3.06. The molecule has 29 heavy (non-hydrogen) atoms. The molecule has 0 heterocycles. The molecule has 0 aromatic heterocycles. The van der Waals surface area contributed by atoms with E-state index in [1.807, 2.05) is 37.3 Å². The van der Waals surface area contributed by atoms with Crippen molar-refractivity contribution in [1.29, 1.82) is 0 Å². The van der Waals surface area contributed by atoms with Gasteiger partial charge in [-0.05, 0) is 29.7 Å². The van der Waals surface area contributed by atoms with Gasteiger partial charge in [0, 0.05) is 13.1 Å². The van der Waals surface area contributed by atoms with Crippen molar-refractivity contribution >= 4 is 25.7 Å². The SMILES string of the molecule is CCN(CC)S(=O)(=O)c1ccc(OC)c(NS(=O)(=O)C[C@H](C)c2ccccc2)c1. The first kappa shape index (κ1) is 23.2. The van der Waals surface area contributed by atoms with Gasteiger partial charge in [-0.25, -0.2) is 16.8 Å². The lowest BCUT2D eigenvalue weighted by Crippen LogP contribution is -2.30. The fourth-order valence-corrected chi connectivity index (χ4v) is 5.97. The molecule has 7 nitrogen and oxygen atoms in total. The molecule has 0 saturated heterocycles. The van der Waals surface area contributed by atoms with Gasteiger partial charge in [0.15, 0.2) is 0 Å². The second-order valence-electron chi connectivity index (χ2n) is 6.65. The summed E-state index contributed by atoms with van der Waals surface area (Å²) in [7, 11) is -6.07. The fraction of sp³-hybridized carbons (Fsp3) is 0.400. The number of rotatable bonds is 10. The van der Waals surface area contributed by atoms with E-state index in [9.17, 15) is 16.8 Å². The lowest BCUT2D eigenvalue weighted by atomic mass is 10.0. The highest BCUT2D eigenvalue weighted by Crippen LogP contribution is 2.30. The van der Waals surface area contributed by atoms with Crippen molar-refractivity contribution in [2.75, 3.05) is 30.7 Å². The molecule has 0 aliphatic heterocycles. The number of nitrogens with zero attached hydrogens (tertiary/aromatic N) is 1. The molecular formula is C20H28N2O5S2. The van der Waals surface area contributed by atoms with Gasteiger partial charge in [0.05, 0.1) is 23.4 Å². The zero-order valence-corrected chi connectivity index (χ0v) is 18.8. The second-order valence-corrected chi connectivity index (χ2v) is 10.4. The molecule has 1 N–H and O–H groups in total. The molecule has 0 aliphatic carbocycles. The molecule has 0 saturated carbocycles. The third-order valence-corrected chi connectivity index (χ3v) is 8.13. The minimum atomic E-state index is -3.75. The summed E-state index contributed by atoms with van der Waals surface area (Å²) in [4.78, 5) is 0.0100. The highest BCUT2D eigenvalue weighted by atomic mass is 32.2. The van der Waals surface area contributed by atoms with E-state index >= 15 is 0 Å². The van der Waals surface area contributed by atoms with Crippen molar-refractivity contribution in [3.05, 3.63) is 54.1 Å². The van der Waals surface area contributed by atoms with Crippen molar-refractivity contribution in [2.24, 2.45) is 0 Å². The van der Waals surface area contributed by atoms with Crippen molar-refractivity contribution in [1.82, 2.24) is 4.31 Å². The lowest BCUT2D eigenvalue weighted by molar-refractivity contribution is 0.416. The van der Waals surface area contributed by atoms with Crippen LogP contribution in [0.1, 0.15) is 32.3 Å². The maximum absolute atomic E-state index is 12.8. The summed E-state index contributed by atoms with van der Waals surface area (Å²) in [5.74, 6) is -0.130. The summed E-state index contributed by atoms with van der Waals surface area (Å²) in [5, 5.41) is 0. The van der Waals surface area contributed by atoms with E-state index in [-0.39, 0.29) is 28.0 Å². The molecule has 0 radical (unpaired) electrons. The zero-order valence-electron chi connectivity index (χ0n) is 17.1. The molecule has 0 amide bonds. The molecule has 0 spiro atoms. The summed E-state index contributed by atoms with van der Waals surface area (Å²) in [6.45, 7) is 5.96. The number of methoxy groups -OCH3 is 1. The molecule has 2 rings (SSSR count). The molecule has 0 aliphatic rings. The summed E-state index contributed by atoms with van der Waals surface area (Å²) in [6, 6.07) is 13.5. The molecule has 2 aromatic rings. The van der Waals surface area contributed by atoms with Gasteiger partial charge < -0.3 is 4.74 Å². The molecule has 0 bridgehead atoms. The average molecular weight is 441 g/mol. The topological polar surface area (TPSA) is 92.8 Å². The number of hydrogen-bond donors (Lipinski definition) is 1. The van der Waals surface area contributed by atoms with Crippen molar-refractivity contribution < 1.29 is 21.6 Å². The minimum absolute atomic E-state index is 0.0100. The quantitative estimate of drug-likeness (QED) is 0.612. The largest absolute Gasteiger partial charge is 0.495 e. The van der Waals surface area contributed by atoms with Gasteiger partial charge in [-0.15, -0.1) is 0 Å². The van der Waals surface area contributed by atoms with Crippen LogP contribution in [0.5, 0.6) is 5.75 Å². The van der Waals surface area contributed by atoms with Gasteiger partial charge in [0.25, 0.3) is 0 Å². The van der Waals surface area contributed by atoms with E-state index in [1.54, 1.807) is 13.8 Å². The van der Waals surface area contributed by atoms with Crippen LogP contribution in [0, 0.1) is 0 Å². The van der Waals surface area contributed by atoms with Gasteiger partial charge in [-0.1, -0.05) is 51.1 Å². The Morgan fingerprint density at radius 2 is 1.62 bits per heavy atom. The van der Waals surface area contributed by atoms with Gasteiger partial charge in [0.1, 0.15) is 5.75 Å².